The van der Waals surface area contributed by atoms with Gasteiger partial charge in [-0.2, -0.15) is 8.42 Å². The summed E-state index contributed by atoms with van der Waals surface area (Å²) in [5.41, 5.74) is 0.928. The van der Waals surface area contributed by atoms with Crippen LogP contribution in [0.15, 0.2) is 29.2 Å². The lowest BCUT2D eigenvalue weighted by Crippen LogP contribution is -2.09. The number of benzene rings is 1. The quantitative estimate of drug-likeness (QED) is 0.447. The third-order valence-electron chi connectivity index (χ3n) is 2.42. The van der Waals surface area contributed by atoms with Crippen LogP contribution in [0, 0.1) is 6.92 Å². The van der Waals surface area contributed by atoms with Crippen LogP contribution in [0.2, 0.25) is 0 Å². The maximum atomic E-state index is 11.9. The molecule has 0 heterocycles. The molecule has 0 aromatic heterocycles. The van der Waals surface area contributed by atoms with E-state index in [1.54, 1.807) is 12.1 Å². The van der Waals surface area contributed by atoms with Crippen LogP contribution in [0.3, 0.4) is 0 Å². The largest absolute Gasteiger partial charge is 0.396 e. The first-order valence-corrected chi connectivity index (χ1v) is 9.71. The summed E-state index contributed by atoms with van der Waals surface area (Å²) in [6.07, 6.45) is -0.183. The summed E-state index contributed by atoms with van der Waals surface area (Å²) in [7, 11) is -7.10. The summed E-state index contributed by atoms with van der Waals surface area (Å²) in [4.78, 5) is 0.0125. The number of hydrogen-bond donors (Lipinski definition) is 1. The molecule has 0 fully saturated rings. The number of aliphatic hydroxyl groups is 1. The fraction of sp³-hybridized carbons (Fsp3) is 0.500. The molecule has 1 rings (SSSR count). The van der Waals surface area contributed by atoms with Gasteiger partial charge in [0, 0.05) is 13.3 Å². The highest BCUT2D eigenvalue weighted by Gasteiger charge is 2.23. The molecule has 0 aliphatic heterocycles. The molecule has 20 heavy (non-hydrogen) atoms. The van der Waals surface area contributed by atoms with Crippen LogP contribution < -0.4 is 0 Å². The number of aliphatic hydroxyl groups excluding tert-OH is 1. The Morgan fingerprint density at radius 1 is 1.25 bits per heavy atom. The maximum absolute atomic E-state index is 11.9. The van der Waals surface area contributed by atoms with Crippen LogP contribution in [0.5, 0.6) is 0 Å². The van der Waals surface area contributed by atoms with Crippen molar-refractivity contribution >= 4 is 17.5 Å². The van der Waals surface area contributed by atoms with Gasteiger partial charge in [0.05, 0.1) is 11.5 Å². The molecule has 0 saturated heterocycles. The van der Waals surface area contributed by atoms with Crippen LogP contribution >= 0.6 is 7.37 Å². The lowest BCUT2D eigenvalue weighted by Gasteiger charge is -2.13. The maximum Gasteiger partial charge on any atom is 0.297 e. The highest BCUT2D eigenvalue weighted by Crippen LogP contribution is 2.43. The number of aryl methyl sites for hydroxylation is 1. The number of rotatable bonds is 8. The molecule has 1 aromatic rings. The minimum Gasteiger partial charge on any atom is -0.396 e. The number of hydrogen-bond acceptors (Lipinski definition) is 6. The van der Waals surface area contributed by atoms with Gasteiger partial charge in [-0.05, 0) is 25.5 Å². The van der Waals surface area contributed by atoms with Crippen LogP contribution in [-0.2, 0) is 23.4 Å². The van der Waals surface area contributed by atoms with Crippen molar-refractivity contribution in [3.05, 3.63) is 29.8 Å². The zero-order valence-corrected chi connectivity index (χ0v) is 13.2. The zero-order valence-electron chi connectivity index (χ0n) is 11.5. The van der Waals surface area contributed by atoms with E-state index in [1.165, 1.54) is 18.8 Å². The van der Waals surface area contributed by atoms with Gasteiger partial charge in [-0.1, -0.05) is 17.7 Å². The first kappa shape index (κ1) is 17.3. The highest BCUT2D eigenvalue weighted by atomic mass is 32.2. The van der Waals surface area contributed by atoms with Gasteiger partial charge in [0.15, 0.2) is 0 Å². The third kappa shape index (κ3) is 5.73. The molecule has 1 aromatic carbocycles. The normalized spacial score (nSPS) is 14.9. The summed E-state index contributed by atoms with van der Waals surface area (Å²) in [6.45, 7) is 3.16. The minimum absolute atomic E-state index is 0.0125. The molecule has 0 radical (unpaired) electrons. The van der Waals surface area contributed by atoms with E-state index >= 15 is 0 Å². The second-order valence-electron chi connectivity index (χ2n) is 4.44. The predicted octanol–water partition coefficient (Wildman–Crippen LogP) is 1.96. The standard InChI is InChI=1S/C12H19O6PS/c1-11-4-6-12(7-5-11)20(15,16)18-10-19(2,14)17-9-3-8-13/h4-7,13H,3,8-10H2,1-2H3. The topological polar surface area (TPSA) is 89.9 Å². The van der Waals surface area contributed by atoms with Crippen molar-refractivity contribution in [3.63, 3.8) is 0 Å². The van der Waals surface area contributed by atoms with Crippen LogP contribution in [0.25, 0.3) is 0 Å². The van der Waals surface area contributed by atoms with Crippen molar-refractivity contribution in [2.45, 2.75) is 18.2 Å². The SMILES string of the molecule is Cc1ccc(S(=O)(=O)OCP(C)(=O)OCCCO)cc1. The second-order valence-corrected chi connectivity index (χ2v) is 8.60. The molecule has 114 valence electrons. The highest BCUT2D eigenvalue weighted by molar-refractivity contribution is 7.87. The predicted molar refractivity (Wildman–Crippen MR) is 75.5 cm³/mol. The average Bonchev–Trinajstić information content (AvgIpc) is 2.37. The van der Waals surface area contributed by atoms with Gasteiger partial charge < -0.3 is 9.63 Å². The Kier molecular flexibility index (Phi) is 6.36. The van der Waals surface area contributed by atoms with E-state index in [4.69, 9.17) is 13.8 Å². The van der Waals surface area contributed by atoms with E-state index in [0.29, 0.717) is 6.42 Å². The molecule has 0 amide bonds. The first-order valence-electron chi connectivity index (χ1n) is 6.05. The summed E-state index contributed by atoms with van der Waals surface area (Å²) in [5.74, 6) is 0. The molecule has 0 bridgehead atoms. The summed E-state index contributed by atoms with van der Waals surface area (Å²) >= 11 is 0. The molecule has 6 nitrogen and oxygen atoms in total. The smallest absolute Gasteiger partial charge is 0.297 e. The molecular weight excluding hydrogens is 303 g/mol. The van der Waals surface area contributed by atoms with Gasteiger partial charge in [0.1, 0.15) is 6.35 Å². The summed E-state index contributed by atoms with van der Waals surface area (Å²) < 4.78 is 45.5. The van der Waals surface area contributed by atoms with E-state index in [9.17, 15) is 13.0 Å². The molecular formula is C12H19O6PS. The van der Waals surface area contributed by atoms with Crippen LogP contribution in [0.1, 0.15) is 12.0 Å². The molecule has 0 spiro atoms. The van der Waals surface area contributed by atoms with E-state index in [2.05, 4.69) is 0 Å². The van der Waals surface area contributed by atoms with Crippen molar-refractivity contribution in [2.24, 2.45) is 0 Å². The minimum atomic E-state index is -3.94. The van der Waals surface area contributed by atoms with Crippen molar-refractivity contribution in [1.82, 2.24) is 0 Å². The second kappa shape index (κ2) is 7.33. The van der Waals surface area contributed by atoms with Crippen LogP contribution in [-0.4, -0.2) is 39.8 Å². The van der Waals surface area contributed by atoms with Gasteiger partial charge in [-0.15, -0.1) is 0 Å². The van der Waals surface area contributed by atoms with Crippen molar-refractivity contribution in [2.75, 3.05) is 26.2 Å². The molecule has 0 saturated carbocycles. The molecule has 8 heteroatoms. The Morgan fingerprint density at radius 2 is 1.85 bits per heavy atom. The lowest BCUT2D eigenvalue weighted by molar-refractivity contribution is 0.228. The van der Waals surface area contributed by atoms with Crippen molar-refractivity contribution < 1.29 is 26.8 Å². The van der Waals surface area contributed by atoms with Crippen molar-refractivity contribution in [1.29, 1.82) is 0 Å². The molecule has 0 aliphatic rings. The molecule has 0 aliphatic carbocycles. The first-order chi connectivity index (χ1) is 9.27. The Hall–Kier alpha value is -0.720. The summed E-state index contributed by atoms with van der Waals surface area (Å²) in [5, 5.41) is 8.60. The van der Waals surface area contributed by atoms with Gasteiger partial charge in [0.25, 0.3) is 10.1 Å². The fourth-order valence-electron chi connectivity index (χ4n) is 1.30. The Labute approximate surface area is 119 Å². The third-order valence-corrected chi connectivity index (χ3v) is 5.20. The summed E-state index contributed by atoms with van der Waals surface area (Å²) in [6, 6.07) is 6.16. The van der Waals surface area contributed by atoms with Gasteiger partial charge >= 0.3 is 0 Å². The Morgan fingerprint density at radius 3 is 2.40 bits per heavy atom. The van der Waals surface area contributed by atoms with Crippen LogP contribution in [0.4, 0.5) is 0 Å². The monoisotopic (exact) mass is 322 g/mol. The van der Waals surface area contributed by atoms with Gasteiger partial charge in [0.2, 0.25) is 7.37 Å². The van der Waals surface area contributed by atoms with E-state index in [-0.39, 0.29) is 18.1 Å². The van der Waals surface area contributed by atoms with Crippen molar-refractivity contribution in [3.8, 4) is 0 Å². The lowest BCUT2D eigenvalue weighted by atomic mass is 10.2. The average molecular weight is 322 g/mol. The van der Waals surface area contributed by atoms with E-state index in [0.717, 1.165) is 5.56 Å². The van der Waals surface area contributed by atoms with Gasteiger partial charge in [-0.3, -0.25) is 8.75 Å². The molecule has 1 N–H and O–H groups in total. The Bertz CT molecular complexity index is 566. The fourth-order valence-corrected chi connectivity index (χ4v) is 3.81. The van der Waals surface area contributed by atoms with E-state index in [1.807, 2.05) is 6.92 Å². The molecule has 1 atom stereocenters. The Balaban J connectivity index is 2.63. The zero-order chi connectivity index (χ0) is 15.2. The molecule has 1 unspecified atom stereocenters. The van der Waals surface area contributed by atoms with Gasteiger partial charge in [-0.25, -0.2) is 0 Å². The van der Waals surface area contributed by atoms with E-state index < -0.39 is 23.8 Å².